The van der Waals surface area contributed by atoms with Crippen LogP contribution in [0.2, 0.25) is 0 Å². The molecule has 1 amide bonds. The van der Waals surface area contributed by atoms with E-state index in [-0.39, 0.29) is 11.9 Å². The zero-order valence-corrected chi connectivity index (χ0v) is 16.1. The molecule has 0 aromatic heterocycles. The minimum Gasteiger partial charge on any atom is -0.367 e. The van der Waals surface area contributed by atoms with Crippen LogP contribution < -0.4 is 9.80 Å². The van der Waals surface area contributed by atoms with E-state index >= 15 is 0 Å². The summed E-state index contributed by atoms with van der Waals surface area (Å²) in [4.78, 5) is 17.5. The van der Waals surface area contributed by atoms with Crippen molar-refractivity contribution >= 4 is 17.3 Å². The van der Waals surface area contributed by atoms with E-state index in [2.05, 4.69) is 60.4 Å². The second kappa shape index (κ2) is 6.83. The quantitative estimate of drug-likeness (QED) is 0.660. The third kappa shape index (κ3) is 2.88. The molecule has 2 heterocycles. The summed E-state index contributed by atoms with van der Waals surface area (Å²) < 4.78 is 0. The summed E-state index contributed by atoms with van der Waals surface area (Å²) in [6.45, 7) is 4.06. The van der Waals surface area contributed by atoms with E-state index in [9.17, 15) is 4.79 Å². The molecular weight excluding hydrogens is 344 g/mol. The van der Waals surface area contributed by atoms with Crippen LogP contribution in [0.25, 0.3) is 0 Å². The lowest BCUT2D eigenvalue weighted by Gasteiger charge is -2.23. The minimum absolute atomic E-state index is 0.0931. The molecule has 0 saturated heterocycles. The second-order valence-corrected chi connectivity index (χ2v) is 7.85. The number of fused-ring (bicyclic) bond motifs is 2. The van der Waals surface area contributed by atoms with Gasteiger partial charge in [0.25, 0.3) is 5.91 Å². The van der Waals surface area contributed by atoms with Crippen molar-refractivity contribution in [3.63, 3.8) is 0 Å². The van der Waals surface area contributed by atoms with Gasteiger partial charge < -0.3 is 9.80 Å². The summed E-state index contributed by atoms with van der Waals surface area (Å²) in [6, 6.07) is 25.2. The standard InChI is InChI=1S/C25H24N2O/c1-18-16-22-7-3-5-9-24(22)27(18)25(28)21-12-10-19(11-13-21)17-26-15-14-20-6-2-4-8-23(20)26/h2-13,18H,14-17H2,1H3/t18-/m0/s1. The van der Waals surface area contributed by atoms with Gasteiger partial charge in [-0.2, -0.15) is 0 Å². The molecule has 3 nitrogen and oxygen atoms in total. The molecule has 3 aromatic carbocycles. The Hall–Kier alpha value is -3.07. The summed E-state index contributed by atoms with van der Waals surface area (Å²) in [5, 5.41) is 0. The van der Waals surface area contributed by atoms with E-state index < -0.39 is 0 Å². The Morgan fingerprint density at radius 3 is 2.36 bits per heavy atom. The number of benzene rings is 3. The number of nitrogens with zero attached hydrogens (tertiary/aromatic N) is 2. The molecule has 0 unspecified atom stereocenters. The Kier molecular flexibility index (Phi) is 4.16. The molecule has 5 rings (SSSR count). The SMILES string of the molecule is C[C@H]1Cc2ccccc2N1C(=O)c1ccc(CN2CCc3ccccc32)cc1. The topological polar surface area (TPSA) is 23.6 Å². The maximum Gasteiger partial charge on any atom is 0.258 e. The average Bonchev–Trinajstić information content (AvgIpc) is 3.28. The Balaban J connectivity index is 1.34. The van der Waals surface area contributed by atoms with Crippen molar-refractivity contribution in [3.8, 4) is 0 Å². The van der Waals surface area contributed by atoms with E-state index in [1.807, 2.05) is 29.2 Å². The van der Waals surface area contributed by atoms with E-state index in [0.717, 1.165) is 37.2 Å². The van der Waals surface area contributed by atoms with Gasteiger partial charge in [-0.25, -0.2) is 0 Å². The first kappa shape index (κ1) is 17.1. The van der Waals surface area contributed by atoms with Crippen LogP contribution in [0.15, 0.2) is 72.8 Å². The number of carbonyl (C=O) groups excluding carboxylic acids is 1. The van der Waals surface area contributed by atoms with E-state index in [4.69, 9.17) is 0 Å². The van der Waals surface area contributed by atoms with Crippen molar-refractivity contribution in [2.24, 2.45) is 0 Å². The number of carbonyl (C=O) groups is 1. The van der Waals surface area contributed by atoms with Crippen LogP contribution in [0.5, 0.6) is 0 Å². The lowest BCUT2D eigenvalue weighted by molar-refractivity contribution is 0.0981. The minimum atomic E-state index is 0.0931. The molecule has 1 atom stereocenters. The highest BCUT2D eigenvalue weighted by Gasteiger charge is 2.31. The van der Waals surface area contributed by atoms with Gasteiger partial charge >= 0.3 is 0 Å². The van der Waals surface area contributed by atoms with E-state index in [0.29, 0.717) is 0 Å². The van der Waals surface area contributed by atoms with Gasteiger partial charge in [-0.1, -0.05) is 48.5 Å². The first-order chi connectivity index (χ1) is 13.7. The first-order valence-electron chi connectivity index (χ1n) is 10.0. The van der Waals surface area contributed by atoms with Crippen LogP contribution in [-0.2, 0) is 19.4 Å². The molecule has 0 N–H and O–H groups in total. The summed E-state index contributed by atoms with van der Waals surface area (Å²) in [7, 11) is 0. The number of amides is 1. The first-order valence-corrected chi connectivity index (χ1v) is 10.0. The molecule has 0 spiro atoms. The average molecular weight is 368 g/mol. The lowest BCUT2D eigenvalue weighted by Crippen LogP contribution is -2.35. The van der Waals surface area contributed by atoms with Crippen LogP contribution in [0.4, 0.5) is 11.4 Å². The van der Waals surface area contributed by atoms with Gasteiger partial charge in [0.2, 0.25) is 0 Å². The van der Waals surface area contributed by atoms with Gasteiger partial charge in [0, 0.05) is 36.1 Å². The molecule has 0 radical (unpaired) electrons. The third-order valence-corrected chi connectivity index (χ3v) is 5.98. The predicted octanol–water partition coefficient (Wildman–Crippen LogP) is 4.84. The number of para-hydroxylation sites is 2. The van der Waals surface area contributed by atoms with Crippen molar-refractivity contribution in [2.45, 2.75) is 32.4 Å². The van der Waals surface area contributed by atoms with Gasteiger partial charge in [0.1, 0.15) is 0 Å². The Labute approximate surface area is 166 Å². The molecule has 0 fully saturated rings. The molecule has 2 aliphatic rings. The monoisotopic (exact) mass is 368 g/mol. The highest BCUT2D eigenvalue weighted by Crippen LogP contribution is 2.33. The third-order valence-electron chi connectivity index (χ3n) is 5.98. The number of hydrogen-bond acceptors (Lipinski definition) is 2. The van der Waals surface area contributed by atoms with Gasteiger partial charge in [-0.15, -0.1) is 0 Å². The molecular formula is C25H24N2O. The van der Waals surface area contributed by atoms with Crippen LogP contribution in [-0.4, -0.2) is 18.5 Å². The van der Waals surface area contributed by atoms with Crippen molar-refractivity contribution in [3.05, 3.63) is 95.1 Å². The summed E-state index contributed by atoms with van der Waals surface area (Å²) in [6.07, 6.45) is 2.04. The van der Waals surface area contributed by atoms with Crippen LogP contribution in [0.1, 0.15) is 34.0 Å². The molecule has 0 saturated carbocycles. The summed E-state index contributed by atoms with van der Waals surface area (Å²) >= 11 is 0. The van der Waals surface area contributed by atoms with Crippen molar-refractivity contribution < 1.29 is 4.79 Å². The Bertz CT molecular complexity index is 1020. The molecule has 140 valence electrons. The van der Waals surface area contributed by atoms with Gasteiger partial charge in [-0.3, -0.25) is 4.79 Å². The largest absolute Gasteiger partial charge is 0.367 e. The summed E-state index contributed by atoms with van der Waals surface area (Å²) in [5.41, 5.74) is 7.07. The van der Waals surface area contributed by atoms with Crippen LogP contribution in [0.3, 0.4) is 0 Å². The highest BCUT2D eigenvalue weighted by molar-refractivity contribution is 6.07. The number of hydrogen-bond donors (Lipinski definition) is 0. The molecule has 3 aromatic rings. The van der Waals surface area contributed by atoms with Crippen molar-refractivity contribution in [1.82, 2.24) is 0 Å². The zero-order chi connectivity index (χ0) is 19.1. The smallest absolute Gasteiger partial charge is 0.258 e. The Morgan fingerprint density at radius 1 is 0.893 bits per heavy atom. The van der Waals surface area contributed by atoms with Crippen LogP contribution in [0, 0.1) is 0 Å². The lowest BCUT2D eigenvalue weighted by atomic mass is 10.1. The highest BCUT2D eigenvalue weighted by atomic mass is 16.2. The van der Waals surface area contributed by atoms with Gasteiger partial charge in [0.15, 0.2) is 0 Å². The fourth-order valence-corrected chi connectivity index (χ4v) is 4.56. The normalized spacial score (nSPS) is 17.5. The molecule has 3 heteroatoms. The van der Waals surface area contributed by atoms with E-state index in [1.165, 1.54) is 22.4 Å². The van der Waals surface area contributed by atoms with Gasteiger partial charge in [-0.05, 0) is 60.7 Å². The number of rotatable bonds is 3. The van der Waals surface area contributed by atoms with Crippen molar-refractivity contribution in [1.29, 1.82) is 0 Å². The number of anilines is 2. The molecule has 2 aliphatic heterocycles. The van der Waals surface area contributed by atoms with Crippen molar-refractivity contribution in [2.75, 3.05) is 16.3 Å². The molecule has 28 heavy (non-hydrogen) atoms. The van der Waals surface area contributed by atoms with Crippen LogP contribution >= 0.6 is 0 Å². The fourth-order valence-electron chi connectivity index (χ4n) is 4.56. The fraction of sp³-hybridized carbons (Fsp3) is 0.240. The maximum absolute atomic E-state index is 13.2. The maximum atomic E-state index is 13.2. The summed E-state index contributed by atoms with van der Waals surface area (Å²) in [5.74, 6) is 0.0931. The molecule has 0 aliphatic carbocycles. The van der Waals surface area contributed by atoms with E-state index in [1.54, 1.807) is 0 Å². The Morgan fingerprint density at radius 2 is 1.57 bits per heavy atom. The zero-order valence-electron chi connectivity index (χ0n) is 16.1. The van der Waals surface area contributed by atoms with Gasteiger partial charge in [0.05, 0.1) is 0 Å². The second-order valence-electron chi connectivity index (χ2n) is 7.85. The predicted molar refractivity (Wildman–Crippen MR) is 114 cm³/mol. The molecule has 0 bridgehead atoms.